The third-order valence-corrected chi connectivity index (χ3v) is 3.39. The molecule has 0 aromatic carbocycles. The number of allylic oxidation sites excluding steroid dienone is 1. The first-order chi connectivity index (χ1) is 7.26. The minimum absolute atomic E-state index is 0.0454. The summed E-state index contributed by atoms with van der Waals surface area (Å²) in [6, 6.07) is 0.0454. The summed E-state index contributed by atoms with van der Waals surface area (Å²) in [5, 5.41) is 12.1. The Hall–Kier alpha value is -1.03. The van der Waals surface area contributed by atoms with Gasteiger partial charge in [0.25, 0.3) is 0 Å². The predicted octanol–water partition coefficient (Wildman–Crippen LogP) is 0.916. The molecule has 2 aliphatic rings. The number of carbonyl (C=O) groups excluding carboxylic acids is 1. The lowest BCUT2D eigenvalue weighted by Crippen LogP contribution is -2.44. The van der Waals surface area contributed by atoms with Gasteiger partial charge in [-0.15, -0.1) is 0 Å². The SMILES string of the molecule is CCOC(=O)N[C@H]1[C@@H](CO)[C@H]2C=C[C@@H]1C2. The molecule has 0 radical (unpaired) electrons. The summed E-state index contributed by atoms with van der Waals surface area (Å²) in [5.41, 5.74) is 0. The molecule has 4 atom stereocenters. The molecule has 0 aromatic rings. The molecular weight excluding hydrogens is 194 g/mol. The lowest BCUT2D eigenvalue weighted by Gasteiger charge is -2.26. The molecule has 1 fully saturated rings. The zero-order valence-electron chi connectivity index (χ0n) is 8.85. The number of aliphatic hydroxyl groups is 1. The second kappa shape index (κ2) is 4.23. The lowest BCUT2D eigenvalue weighted by atomic mass is 9.90. The largest absolute Gasteiger partial charge is 0.450 e. The van der Waals surface area contributed by atoms with Crippen LogP contribution in [0.5, 0.6) is 0 Å². The number of alkyl carbamates (subject to hydrolysis) is 1. The molecule has 15 heavy (non-hydrogen) atoms. The van der Waals surface area contributed by atoms with Crippen molar-refractivity contribution in [2.45, 2.75) is 19.4 Å². The van der Waals surface area contributed by atoms with Crippen molar-refractivity contribution in [2.24, 2.45) is 17.8 Å². The second-order valence-electron chi connectivity index (χ2n) is 4.19. The van der Waals surface area contributed by atoms with Gasteiger partial charge in [-0.1, -0.05) is 12.2 Å². The Morgan fingerprint density at radius 3 is 2.93 bits per heavy atom. The molecule has 1 saturated carbocycles. The molecule has 0 aromatic heterocycles. The molecule has 0 spiro atoms. The highest BCUT2D eigenvalue weighted by atomic mass is 16.5. The molecule has 0 aliphatic heterocycles. The average Bonchev–Trinajstić information content (AvgIpc) is 2.78. The van der Waals surface area contributed by atoms with Crippen LogP contribution >= 0.6 is 0 Å². The number of fused-ring (bicyclic) bond motifs is 2. The zero-order valence-corrected chi connectivity index (χ0v) is 8.85. The summed E-state index contributed by atoms with van der Waals surface area (Å²) in [4.78, 5) is 11.3. The van der Waals surface area contributed by atoms with Crippen LogP contribution in [0.4, 0.5) is 4.79 Å². The van der Waals surface area contributed by atoms with Gasteiger partial charge < -0.3 is 15.2 Å². The van der Waals surface area contributed by atoms with Crippen LogP contribution in [0.25, 0.3) is 0 Å². The number of hydrogen-bond donors (Lipinski definition) is 2. The highest BCUT2D eigenvalue weighted by molar-refractivity contribution is 5.67. The number of aliphatic hydroxyl groups excluding tert-OH is 1. The summed E-state index contributed by atoms with van der Waals surface area (Å²) < 4.78 is 4.85. The Morgan fingerprint density at radius 2 is 2.27 bits per heavy atom. The molecule has 4 heteroatoms. The fraction of sp³-hybridized carbons (Fsp3) is 0.727. The van der Waals surface area contributed by atoms with E-state index in [4.69, 9.17) is 4.74 Å². The van der Waals surface area contributed by atoms with E-state index in [-0.39, 0.29) is 24.7 Å². The second-order valence-corrected chi connectivity index (χ2v) is 4.19. The van der Waals surface area contributed by atoms with Gasteiger partial charge >= 0.3 is 6.09 Å². The quantitative estimate of drug-likeness (QED) is 0.682. The van der Waals surface area contributed by atoms with E-state index in [2.05, 4.69) is 17.5 Å². The van der Waals surface area contributed by atoms with Gasteiger partial charge in [0.15, 0.2) is 0 Å². The summed E-state index contributed by atoms with van der Waals surface area (Å²) in [6.07, 6.45) is 4.95. The van der Waals surface area contributed by atoms with Crippen molar-refractivity contribution in [1.29, 1.82) is 0 Å². The maximum absolute atomic E-state index is 11.3. The van der Waals surface area contributed by atoms with Gasteiger partial charge in [0, 0.05) is 18.6 Å². The molecule has 2 aliphatic carbocycles. The van der Waals surface area contributed by atoms with Gasteiger partial charge in [-0.3, -0.25) is 0 Å². The number of rotatable bonds is 3. The van der Waals surface area contributed by atoms with Gasteiger partial charge in [-0.2, -0.15) is 0 Å². The van der Waals surface area contributed by atoms with Gasteiger partial charge in [0.1, 0.15) is 0 Å². The molecule has 0 saturated heterocycles. The molecular formula is C11H17NO3. The maximum Gasteiger partial charge on any atom is 0.407 e. The number of hydrogen-bond acceptors (Lipinski definition) is 3. The Bertz CT molecular complexity index is 277. The fourth-order valence-electron chi connectivity index (χ4n) is 2.70. The van der Waals surface area contributed by atoms with E-state index < -0.39 is 0 Å². The molecule has 4 nitrogen and oxygen atoms in total. The van der Waals surface area contributed by atoms with E-state index in [9.17, 15) is 9.90 Å². The third-order valence-electron chi connectivity index (χ3n) is 3.39. The van der Waals surface area contributed by atoms with Gasteiger partial charge in [0.05, 0.1) is 6.61 Å². The monoisotopic (exact) mass is 211 g/mol. The van der Waals surface area contributed by atoms with Crippen LogP contribution in [0.15, 0.2) is 12.2 Å². The van der Waals surface area contributed by atoms with Crippen LogP contribution in [-0.2, 0) is 4.74 Å². The number of nitrogens with one attached hydrogen (secondary N) is 1. The van der Waals surface area contributed by atoms with Crippen molar-refractivity contribution in [3.8, 4) is 0 Å². The third kappa shape index (κ3) is 1.86. The van der Waals surface area contributed by atoms with E-state index in [1.54, 1.807) is 6.92 Å². The standard InChI is InChI=1S/C11H17NO3/c1-2-15-11(14)12-10-8-4-3-7(5-8)9(10)6-13/h3-4,7-10,13H,2,5-6H2,1H3,(H,12,14)/t7-,8+,9-,10+/m0/s1. The van der Waals surface area contributed by atoms with Crippen molar-refractivity contribution < 1.29 is 14.6 Å². The Kier molecular flexibility index (Phi) is 2.95. The van der Waals surface area contributed by atoms with Crippen molar-refractivity contribution in [3.63, 3.8) is 0 Å². The average molecular weight is 211 g/mol. The van der Waals surface area contributed by atoms with Gasteiger partial charge in [-0.05, 0) is 25.2 Å². The first-order valence-corrected chi connectivity index (χ1v) is 5.48. The summed E-state index contributed by atoms with van der Waals surface area (Å²) in [7, 11) is 0. The van der Waals surface area contributed by atoms with Crippen LogP contribution in [0, 0.1) is 17.8 Å². The van der Waals surface area contributed by atoms with Crippen LogP contribution in [0.2, 0.25) is 0 Å². The predicted molar refractivity (Wildman–Crippen MR) is 55.3 cm³/mol. The normalized spacial score (nSPS) is 36.9. The van der Waals surface area contributed by atoms with Crippen molar-refractivity contribution >= 4 is 6.09 Å². The van der Waals surface area contributed by atoms with E-state index >= 15 is 0 Å². The first-order valence-electron chi connectivity index (χ1n) is 5.48. The van der Waals surface area contributed by atoms with Crippen molar-refractivity contribution in [3.05, 3.63) is 12.2 Å². The maximum atomic E-state index is 11.3. The molecule has 1 amide bonds. The lowest BCUT2D eigenvalue weighted by molar-refractivity contribution is 0.132. The molecule has 0 unspecified atom stereocenters. The highest BCUT2D eigenvalue weighted by Crippen LogP contribution is 2.43. The molecule has 0 heterocycles. The van der Waals surface area contributed by atoms with Gasteiger partial charge in [-0.25, -0.2) is 4.79 Å². The zero-order chi connectivity index (χ0) is 10.8. The van der Waals surface area contributed by atoms with Crippen LogP contribution in [0.3, 0.4) is 0 Å². The first kappa shape index (κ1) is 10.5. The summed E-state index contributed by atoms with van der Waals surface area (Å²) in [5.74, 6) is 0.952. The Morgan fingerprint density at radius 1 is 1.53 bits per heavy atom. The van der Waals surface area contributed by atoms with E-state index in [0.717, 1.165) is 6.42 Å². The van der Waals surface area contributed by atoms with Crippen molar-refractivity contribution in [1.82, 2.24) is 5.32 Å². The minimum Gasteiger partial charge on any atom is -0.450 e. The number of amides is 1. The van der Waals surface area contributed by atoms with Gasteiger partial charge in [0.2, 0.25) is 0 Å². The molecule has 84 valence electrons. The Labute approximate surface area is 89.3 Å². The molecule has 2 rings (SSSR count). The Balaban J connectivity index is 1.96. The van der Waals surface area contributed by atoms with Crippen LogP contribution in [-0.4, -0.2) is 30.5 Å². The number of ether oxygens (including phenoxy) is 1. The van der Waals surface area contributed by atoms with Crippen LogP contribution < -0.4 is 5.32 Å². The number of carbonyl (C=O) groups is 1. The minimum atomic E-state index is -0.373. The molecule has 2 N–H and O–H groups in total. The van der Waals surface area contributed by atoms with E-state index in [1.165, 1.54) is 0 Å². The van der Waals surface area contributed by atoms with E-state index in [1.807, 2.05) is 0 Å². The fourth-order valence-corrected chi connectivity index (χ4v) is 2.70. The van der Waals surface area contributed by atoms with E-state index in [0.29, 0.717) is 18.4 Å². The summed E-state index contributed by atoms with van der Waals surface area (Å²) >= 11 is 0. The summed E-state index contributed by atoms with van der Waals surface area (Å²) in [6.45, 7) is 2.29. The van der Waals surface area contributed by atoms with Crippen molar-refractivity contribution in [2.75, 3.05) is 13.2 Å². The molecule has 2 bridgehead atoms. The highest BCUT2D eigenvalue weighted by Gasteiger charge is 2.44. The topological polar surface area (TPSA) is 58.6 Å². The smallest absolute Gasteiger partial charge is 0.407 e. The van der Waals surface area contributed by atoms with Crippen LogP contribution in [0.1, 0.15) is 13.3 Å².